The summed E-state index contributed by atoms with van der Waals surface area (Å²) in [6.45, 7) is 9.44. The summed E-state index contributed by atoms with van der Waals surface area (Å²) in [4.78, 5) is 10.0. The topological polar surface area (TPSA) is 55.4 Å². The second-order valence-corrected chi connectivity index (χ2v) is 5.83. The van der Waals surface area contributed by atoms with Crippen molar-refractivity contribution in [2.24, 2.45) is 0 Å². The number of imidazole rings is 1. The second kappa shape index (κ2) is 5.03. The molecule has 3 aromatic rings. The standard InChI is InChI=1S/C14H18N4OS/c1-8-7-20-14-17-10(3)12(18(8)14)5-15-6-13-16-9(2)11(4)19-13/h7,15H,5-6H2,1-4H3. The molecule has 5 nitrogen and oxygen atoms in total. The van der Waals surface area contributed by atoms with E-state index in [2.05, 4.69) is 38.9 Å². The van der Waals surface area contributed by atoms with Crippen LogP contribution in [0.3, 0.4) is 0 Å². The first kappa shape index (κ1) is 13.3. The Kier molecular flexibility index (Phi) is 3.35. The molecule has 20 heavy (non-hydrogen) atoms. The number of fused-ring (bicyclic) bond motifs is 1. The fourth-order valence-corrected chi connectivity index (χ4v) is 3.21. The summed E-state index contributed by atoms with van der Waals surface area (Å²) in [6.07, 6.45) is 0. The number of aryl methyl sites for hydroxylation is 4. The predicted molar refractivity (Wildman–Crippen MR) is 79.1 cm³/mol. The van der Waals surface area contributed by atoms with Gasteiger partial charge in [-0.2, -0.15) is 0 Å². The van der Waals surface area contributed by atoms with Crippen molar-refractivity contribution in [3.8, 4) is 0 Å². The minimum Gasteiger partial charge on any atom is -0.444 e. The first-order valence-electron chi connectivity index (χ1n) is 6.62. The lowest BCUT2D eigenvalue weighted by Crippen LogP contribution is -2.15. The van der Waals surface area contributed by atoms with Gasteiger partial charge < -0.3 is 9.73 Å². The molecule has 0 aliphatic heterocycles. The van der Waals surface area contributed by atoms with Crippen LogP contribution in [0.25, 0.3) is 4.96 Å². The van der Waals surface area contributed by atoms with Crippen molar-refractivity contribution < 1.29 is 4.42 Å². The smallest absolute Gasteiger partial charge is 0.208 e. The number of nitrogens with zero attached hydrogens (tertiary/aromatic N) is 3. The Bertz CT molecular complexity index is 733. The molecular formula is C14H18N4OS. The van der Waals surface area contributed by atoms with Crippen LogP contribution in [0, 0.1) is 27.7 Å². The Balaban J connectivity index is 1.73. The van der Waals surface area contributed by atoms with Crippen molar-refractivity contribution in [3.05, 3.63) is 39.8 Å². The van der Waals surface area contributed by atoms with Gasteiger partial charge in [-0.05, 0) is 27.7 Å². The molecular weight excluding hydrogens is 272 g/mol. The highest BCUT2D eigenvalue weighted by Crippen LogP contribution is 2.20. The lowest BCUT2D eigenvalue weighted by molar-refractivity contribution is 0.447. The van der Waals surface area contributed by atoms with E-state index in [0.717, 1.165) is 34.5 Å². The Labute approximate surface area is 121 Å². The molecule has 0 fully saturated rings. The second-order valence-electron chi connectivity index (χ2n) is 4.99. The van der Waals surface area contributed by atoms with Crippen molar-refractivity contribution in [1.82, 2.24) is 19.7 Å². The number of thiazole rings is 1. The largest absolute Gasteiger partial charge is 0.444 e. The highest BCUT2D eigenvalue weighted by Gasteiger charge is 2.12. The Morgan fingerprint density at radius 2 is 1.95 bits per heavy atom. The number of nitrogens with one attached hydrogen (secondary N) is 1. The molecule has 0 aromatic carbocycles. The van der Waals surface area contributed by atoms with E-state index < -0.39 is 0 Å². The molecule has 0 saturated carbocycles. The van der Waals surface area contributed by atoms with Crippen LogP contribution in [0.4, 0.5) is 0 Å². The fraction of sp³-hybridized carbons (Fsp3) is 0.429. The summed E-state index contributed by atoms with van der Waals surface area (Å²) in [5.41, 5.74) is 4.47. The van der Waals surface area contributed by atoms with E-state index in [1.165, 1.54) is 11.4 Å². The third kappa shape index (κ3) is 2.25. The van der Waals surface area contributed by atoms with E-state index >= 15 is 0 Å². The Morgan fingerprint density at radius 3 is 2.65 bits per heavy atom. The lowest BCUT2D eigenvalue weighted by atomic mass is 10.3. The molecule has 0 aliphatic carbocycles. The maximum absolute atomic E-state index is 5.57. The number of hydrogen-bond acceptors (Lipinski definition) is 5. The minimum atomic E-state index is 0.630. The van der Waals surface area contributed by atoms with Gasteiger partial charge >= 0.3 is 0 Å². The summed E-state index contributed by atoms with van der Waals surface area (Å²) in [5.74, 6) is 1.62. The Hall–Kier alpha value is -1.66. The number of hydrogen-bond donors (Lipinski definition) is 1. The molecule has 3 rings (SSSR count). The average Bonchev–Trinajstić information content (AvgIpc) is 3.00. The Morgan fingerprint density at radius 1 is 1.15 bits per heavy atom. The van der Waals surface area contributed by atoms with Gasteiger partial charge in [-0.25, -0.2) is 9.97 Å². The highest BCUT2D eigenvalue weighted by atomic mass is 32.1. The molecule has 0 aliphatic rings. The maximum atomic E-state index is 5.57. The maximum Gasteiger partial charge on any atom is 0.208 e. The van der Waals surface area contributed by atoms with Gasteiger partial charge in [-0.3, -0.25) is 4.40 Å². The summed E-state index contributed by atoms with van der Waals surface area (Å²) < 4.78 is 7.77. The molecule has 0 radical (unpaired) electrons. The van der Waals surface area contributed by atoms with Crippen molar-refractivity contribution in [2.45, 2.75) is 40.8 Å². The zero-order chi connectivity index (χ0) is 14.3. The number of aromatic nitrogens is 3. The molecule has 1 N–H and O–H groups in total. The van der Waals surface area contributed by atoms with E-state index in [0.29, 0.717) is 6.54 Å². The quantitative estimate of drug-likeness (QED) is 0.802. The van der Waals surface area contributed by atoms with Gasteiger partial charge in [0, 0.05) is 17.6 Å². The molecule has 6 heteroatoms. The lowest BCUT2D eigenvalue weighted by Gasteiger charge is -2.04. The average molecular weight is 290 g/mol. The van der Waals surface area contributed by atoms with E-state index in [1.807, 2.05) is 13.8 Å². The van der Waals surface area contributed by atoms with Gasteiger partial charge in [-0.1, -0.05) is 0 Å². The third-order valence-electron chi connectivity index (χ3n) is 3.47. The molecule has 106 valence electrons. The van der Waals surface area contributed by atoms with E-state index in [1.54, 1.807) is 11.3 Å². The first-order valence-corrected chi connectivity index (χ1v) is 7.50. The van der Waals surface area contributed by atoms with Gasteiger partial charge in [0.1, 0.15) is 5.76 Å². The van der Waals surface area contributed by atoms with Gasteiger partial charge in [0.25, 0.3) is 0 Å². The first-order chi connectivity index (χ1) is 9.56. The van der Waals surface area contributed by atoms with Crippen LogP contribution in [-0.2, 0) is 13.1 Å². The summed E-state index contributed by atoms with van der Waals surface area (Å²) >= 11 is 1.68. The fourth-order valence-electron chi connectivity index (χ4n) is 2.28. The monoisotopic (exact) mass is 290 g/mol. The van der Waals surface area contributed by atoms with Crippen LogP contribution in [0.2, 0.25) is 0 Å². The van der Waals surface area contributed by atoms with Crippen LogP contribution in [0.5, 0.6) is 0 Å². The molecule has 3 heterocycles. The van der Waals surface area contributed by atoms with Gasteiger partial charge in [0.2, 0.25) is 5.89 Å². The van der Waals surface area contributed by atoms with Crippen molar-refractivity contribution in [1.29, 1.82) is 0 Å². The van der Waals surface area contributed by atoms with E-state index in [9.17, 15) is 0 Å². The predicted octanol–water partition coefficient (Wildman–Crippen LogP) is 2.91. The van der Waals surface area contributed by atoms with Gasteiger partial charge in [0.05, 0.1) is 23.6 Å². The van der Waals surface area contributed by atoms with Crippen LogP contribution in [0.15, 0.2) is 9.80 Å². The molecule has 0 amide bonds. The van der Waals surface area contributed by atoms with E-state index in [4.69, 9.17) is 4.42 Å². The SMILES string of the molecule is Cc1nc(CNCc2c(C)nc3scc(C)n23)oc1C. The van der Waals surface area contributed by atoms with Crippen LogP contribution in [-0.4, -0.2) is 14.4 Å². The van der Waals surface area contributed by atoms with Crippen LogP contribution < -0.4 is 5.32 Å². The zero-order valence-electron chi connectivity index (χ0n) is 12.1. The molecule has 3 aromatic heterocycles. The highest BCUT2D eigenvalue weighted by molar-refractivity contribution is 7.15. The van der Waals surface area contributed by atoms with Crippen molar-refractivity contribution >= 4 is 16.3 Å². The normalized spacial score (nSPS) is 11.6. The molecule has 0 atom stereocenters. The number of oxazole rings is 1. The molecule has 0 bridgehead atoms. The zero-order valence-corrected chi connectivity index (χ0v) is 13.0. The summed E-state index contributed by atoms with van der Waals surface area (Å²) in [5, 5.41) is 5.51. The third-order valence-corrected chi connectivity index (χ3v) is 4.41. The van der Waals surface area contributed by atoms with Crippen LogP contribution in [0.1, 0.15) is 34.4 Å². The summed E-state index contributed by atoms with van der Waals surface area (Å²) in [7, 11) is 0. The number of rotatable bonds is 4. The van der Waals surface area contributed by atoms with Crippen LogP contribution >= 0.6 is 11.3 Å². The minimum absolute atomic E-state index is 0.630. The molecule has 0 saturated heterocycles. The summed E-state index contributed by atoms with van der Waals surface area (Å²) in [6, 6.07) is 0. The van der Waals surface area contributed by atoms with E-state index in [-0.39, 0.29) is 0 Å². The van der Waals surface area contributed by atoms with Crippen molar-refractivity contribution in [3.63, 3.8) is 0 Å². The van der Waals surface area contributed by atoms with Gasteiger partial charge in [-0.15, -0.1) is 11.3 Å². The molecule has 0 unspecified atom stereocenters. The van der Waals surface area contributed by atoms with Crippen molar-refractivity contribution in [2.75, 3.05) is 0 Å². The van der Waals surface area contributed by atoms with Gasteiger partial charge in [0.15, 0.2) is 4.96 Å². The molecule has 0 spiro atoms.